The fraction of sp³-hybridized carbons (Fsp3) is 0.0625. The zero-order valence-electron chi connectivity index (χ0n) is 11.3. The molecule has 0 aliphatic rings. The summed E-state index contributed by atoms with van der Waals surface area (Å²) in [6.45, 7) is 0. The van der Waals surface area contributed by atoms with Gasteiger partial charge in [-0.05, 0) is 11.6 Å². The van der Waals surface area contributed by atoms with Gasteiger partial charge in [0.15, 0.2) is 0 Å². The van der Waals surface area contributed by atoms with Crippen molar-refractivity contribution in [2.45, 2.75) is 0 Å². The highest BCUT2D eigenvalue weighted by molar-refractivity contribution is 6.05. The van der Waals surface area contributed by atoms with Crippen LogP contribution in [0.1, 0.15) is 10.5 Å². The lowest BCUT2D eigenvalue weighted by atomic mass is 9.98. The zero-order chi connectivity index (χ0) is 15.0. The van der Waals surface area contributed by atoms with E-state index in [0.717, 1.165) is 10.1 Å². The average Bonchev–Trinajstić information content (AvgIpc) is 2.51. The van der Waals surface area contributed by atoms with Crippen molar-refractivity contribution < 1.29 is 9.90 Å². The van der Waals surface area contributed by atoms with Crippen molar-refractivity contribution in [3.63, 3.8) is 0 Å². The maximum atomic E-state index is 12.3. The highest BCUT2D eigenvalue weighted by atomic mass is 16.4. The first-order valence-electron chi connectivity index (χ1n) is 6.36. The lowest BCUT2D eigenvalue weighted by Crippen LogP contribution is -2.24. The van der Waals surface area contributed by atoms with E-state index >= 15 is 0 Å². The Morgan fingerprint density at radius 3 is 2.52 bits per heavy atom. The molecule has 5 heteroatoms. The number of aromatic carboxylic acids is 1. The second-order valence-corrected chi connectivity index (χ2v) is 4.68. The molecule has 0 spiro atoms. The monoisotopic (exact) mass is 280 g/mol. The summed E-state index contributed by atoms with van der Waals surface area (Å²) in [4.78, 5) is 27.9. The summed E-state index contributed by atoms with van der Waals surface area (Å²) in [5, 5.41) is 10.5. The quantitative estimate of drug-likeness (QED) is 0.781. The van der Waals surface area contributed by atoms with Gasteiger partial charge in [0.1, 0.15) is 5.69 Å². The molecule has 0 saturated carbocycles. The highest BCUT2D eigenvalue weighted by Gasteiger charge is 2.20. The molecule has 0 radical (unpaired) electrons. The molecule has 0 aliphatic heterocycles. The van der Waals surface area contributed by atoms with Crippen LogP contribution in [0.4, 0.5) is 0 Å². The van der Waals surface area contributed by atoms with Crippen LogP contribution >= 0.6 is 0 Å². The number of rotatable bonds is 2. The Hall–Kier alpha value is -2.95. The molecule has 1 aromatic carbocycles. The van der Waals surface area contributed by atoms with Crippen molar-refractivity contribution in [2.75, 3.05) is 0 Å². The molecule has 2 aromatic heterocycles. The van der Waals surface area contributed by atoms with Gasteiger partial charge < -0.3 is 9.67 Å². The van der Waals surface area contributed by atoms with E-state index in [9.17, 15) is 14.7 Å². The topological polar surface area (TPSA) is 72.2 Å². The van der Waals surface area contributed by atoms with E-state index in [1.54, 1.807) is 12.3 Å². The van der Waals surface area contributed by atoms with E-state index in [-0.39, 0.29) is 11.3 Å². The molecular weight excluding hydrogens is 268 g/mol. The van der Waals surface area contributed by atoms with E-state index in [0.29, 0.717) is 16.3 Å². The van der Waals surface area contributed by atoms with Gasteiger partial charge in [0, 0.05) is 30.4 Å². The number of benzene rings is 1. The largest absolute Gasteiger partial charge is 0.477 e. The SMILES string of the molecule is Cn1c(C(=O)O)c(-c2ccccc2)c2ccncc2c1=O. The molecule has 0 fully saturated rings. The normalized spacial score (nSPS) is 10.7. The van der Waals surface area contributed by atoms with Crippen molar-refractivity contribution in [2.24, 2.45) is 7.05 Å². The van der Waals surface area contributed by atoms with Crippen LogP contribution in [0.5, 0.6) is 0 Å². The van der Waals surface area contributed by atoms with Crippen LogP contribution in [0.25, 0.3) is 21.9 Å². The zero-order valence-corrected chi connectivity index (χ0v) is 11.3. The van der Waals surface area contributed by atoms with Crippen molar-refractivity contribution in [1.29, 1.82) is 0 Å². The van der Waals surface area contributed by atoms with Gasteiger partial charge in [0.05, 0.1) is 5.39 Å². The van der Waals surface area contributed by atoms with E-state index in [4.69, 9.17) is 0 Å². The van der Waals surface area contributed by atoms with Crippen LogP contribution in [-0.2, 0) is 7.05 Å². The summed E-state index contributed by atoms with van der Waals surface area (Å²) in [7, 11) is 1.46. The Kier molecular flexibility index (Phi) is 3.02. The number of carbonyl (C=O) groups is 1. The minimum absolute atomic E-state index is 0.0232. The Morgan fingerprint density at radius 1 is 1.14 bits per heavy atom. The number of pyridine rings is 2. The number of hydrogen-bond donors (Lipinski definition) is 1. The smallest absolute Gasteiger partial charge is 0.353 e. The summed E-state index contributed by atoms with van der Waals surface area (Å²) in [6.07, 6.45) is 3.02. The average molecular weight is 280 g/mol. The van der Waals surface area contributed by atoms with E-state index in [1.807, 2.05) is 30.3 Å². The third-order valence-electron chi connectivity index (χ3n) is 3.46. The summed E-state index contributed by atoms with van der Waals surface area (Å²) in [5.74, 6) is -1.13. The molecule has 0 saturated heterocycles. The van der Waals surface area contributed by atoms with Gasteiger partial charge >= 0.3 is 5.97 Å². The number of fused-ring (bicyclic) bond motifs is 1. The van der Waals surface area contributed by atoms with E-state index in [1.165, 1.54) is 13.2 Å². The molecule has 2 heterocycles. The summed E-state index contributed by atoms with van der Waals surface area (Å²) in [5.41, 5.74) is 0.893. The van der Waals surface area contributed by atoms with Crippen molar-refractivity contribution in [3.8, 4) is 11.1 Å². The molecule has 21 heavy (non-hydrogen) atoms. The Morgan fingerprint density at radius 2 is 1.86 bits per heavy atom. The van der Waals surface area contributed by atoms with E-state index in [2.05, 4.69) is 4.98 Å². The van der Waals surface area contributed by atoms with Gasteiger partial charge in [-0.15, -0.1) is 0 Å². The molecule has 3 rings (SSSR count). The van der Waals surface area contributed by atoms with Crippen LogP contribution in [-0.4, -0.2) is 20.6 Å². The molecule has 0 atom stereocenters. The standard InChI is InChI=1S/C16H12N2O3/c1-18-14(16(20)21)13(10-5-3-2-4-6-10)11-7-8-17-9-12(11)15(18)19/h2-9H,1H3,(H,20,21). The summed E-state index contributed by atoms with van der Waals surface area (Å²) in [6, 6.07) is 10.8. The first-order chi connectivity index (χ1) is 10.1. The van der Waals surface area contributed by atoms with Gasteiger partial charge in [-0.3, -0.25) is 9.78 Å². The van der Waals surface area contributed by atoms with Gasteiger partial charge in [-0.1, -0.05) is 30.3 Å². The first kappa shape index (κ1) is 13.1. The Labute approximate surface area is 120 Å². The molecule has 104 valence electrons. The lowest BCUT2D eigenvalue weighted by Gasteiger charge is -2.14. The fourth-order valence-corrected chi connectivity index (χ4v) is 2.51. The second kappa shape index (κ2) is 4.86. The van der Waals surface area contributed by atoms with Gasteiger partial charge in [-0.2, -0.15) is 0 Å². The Bertz CT molecular complexity index is 899. The molecule has 0 bridgehead atoms. The minimum Gasteiger partial charge on any atom is -0.477 e. The summed E-state index contributed by atoms with van der Waals surface area (Å²) < 4.78 is 1.16. The van der Waals surface area contributed by atoms with Crippen LogP contribution < -0.4 is 5.56 Å². The molecular formula is C16H12N2O3. The second-order valence-electron chi connectivity index (χ2n) is 4.68. The number of nitrogens with zero attached hydrogens (tertiary/aromatic N) is 2. The number of carboxylic acids is 1. The maximum absolute atomic E-state index is 12.3. The molecule has 0 aliphatic carbocycles. The maximum Gasteiger partial charge on any atom is 0.353 e. The number of carboxylic acid groups (broad SMARTS) is 1. The third-order valence-corrected chi connectivity index (χ3v) is 3.46. The Balaban J connectivity index is 2.57. The third kappa shape index (κ3) is 1.99. The fourth-order valence-electron chi connectivity index (χ4n) is 2.51. The van der Waals surface area contributed by atoms with Crippen LogP contribution in [0.3, 0.4) is 0 Å². The van der Waals surface area contributed by atoms with Gasteiger partial charge in [-0.25, -0.2) is 4.79 Å². The van der Waals surface area contributed by atoms with Crippen LogP contribution in [0.2, 0.25) is 0 Å². The van der Waals surface area contributed by atoms with Crippen molar-refractivity contribution >= 4 is 16.7 Å². The van der Waals surface area contributed by atoms with E-state index < -0.39 is 5.97 Å². The van der Waals surface area contributed by atoms with Crippen molar-refractivity contribution in [3.05, 3.63) is 64.8 Å². The number of hydrogen-bond acceptors (Lipinski definition) is 3. The first-order valence-corrected chi connectivity index (χ1v) is 6.36. The van der Waals surface area contributed by atoms with Gasteiger partial charge in [0.2, 0.25) is 0 Å². The predicted molar refractivity (Wildman–Crippen MR) is 79.4 cm³/mol. The molecule has 1 N–H and O–H groups in total. The lowest BCUT2D eigenvalue weighted by molar-refractivity contribution is 0.0686. The highest BCUT2D eigenvalue weighted by Crippen LogP contribution is 2.29. The van der Waals surface area contributed by atoms with Gasteiger partial charge in [0.25, 0.3) is 5.56 Å². The molecule has 0 unspecified atom stereocenters. The summed E-state index contributed by atoms with van der Waals surface area (Å²) >= 11 is 0. The van der Waals surface area contributed by atoms with Crippen LogP contribution in [0, 0.1) is 0 Å². The number of aromatic nitrogens is 2. The predicted octanol–water partition coefficient (Wildman–Crippen LogP) is 2.30. The molecule has 3 aromatic rings. The minimum atomic E-state index is -1.13. The van der Waals surface area contributed by atoms with Crippen LogP contribution in [0.15, 0.2) is 53.6 Å². The molecule has 0 amide bonds. The molecule has 5 nitrogen and oxygen atoms in total. The van der Waals surface area contributed by atoms with Crippen molar-refractivity contribution in [1.82, 2.24) is 9.55 Å².